The summed E-state index contributed by atoms with van der Waals surface area (Å²) < 4.78 is 11.7. The first-order valence-corrected chi connectivity index (χ1v) is 9.02. The van der Waals surface area contributed by atoms with Crippen LogP contribution in [-0.2, 0) is 32.1 Å². The van der Waals surface area contributed by atoms with Gasteiger partial charge in [-0.25, -0.2) is 4.79 Å². The summed E-state index contributed by atoms with van der Waals surface area (Å²) in [6, 6.07) is 14.7. The highest BCUT2D eigenvalue weighted by atomic mass is 79.9. The Bertz CT molecular complexity index is 841. The molecule has 2 unspecified atom stereocenters. The third-order valence-electron chi connectivity index (χ3n) is 4.49. The van der Waals surface area contributed by atoms with Crippen molar-refractivity contribution in [2.45, 2.75) is 25.2 Å². The Morgan fingerprint density at radius 3 is 2.85 bits per heavy atom. The summed E-state index contributed by atoms with van der Waals surface area (Å²) in [5.41, 5.74) is 2.82. The first-order valence-electron chi connectivity index (χ1n) is 8.22. The van der Waals surface area contributed by atoms with E-state index in [9.17, 15) is 9.59 Å². The molecule has 6 nitrogen and oxygen atoms in total. The third kappa shape index (κ3) is 3.32. The van der Waals surface area contributed by atoms with Gasteiger partial charge in [-0.05, 0) is 28.8 Å². The molecule has 2 aromatic carbocycles. The molecule has 1 heterocycles. The van der Waals surface area contributed by atoms with Crippen LogP contribution in [-0.4, -0.2) is 29.8 Å². The van der Waals surface area contributed by atoms with Crippen LogP contribution in [0.1, 0.15) is 22.7 Å². The number of morpholine rings is 1. The van der Waals surface area contributed by atoms with Crippen LogP contribution >= 0.6 is 15.9 Å². The monoisotopic (exact) mass is 417 g/mol. The number of amides is 1. The van der Waals surface area contributed by atoms with Gasteiger partial charge in [0, 0.05) is 10.9 Å². The zero-order chi connectivity index (χ0) is 18.1. The highest BCUT2D eigenvalue weighted by Gasteiger charge is 2.46. The summed E-state index contributed by atoms with van der Waals surface area (Å²) in [6.45, 7) is -0.0449. The number of rotatable bonds is 3. The lowest BCUT2D eigenvalue weighted by Gasteiger charge is -2.35. The van der Waals surface area contributed by atoms with Gasteiger partial charge in [-0.2, -0.15) is 5.06 Å². The summed E-state index contributed by atoms with van der Waals surface area (Å²) in [5.74, 6) is -0.407. The summed E-state index contributed by atoms with van der Waals surface area (Å²) in [6.07, 6.45) is -0.482. The Morgan fingerprint density at radius 2 is 2.04 bits per heavy atom. The van der Waals surface area contributed by atoms with Crippen LogP contribution in [0.15, 0.2) is 53.0 Å². The van der Waals surface area contributed by atoms with E-state index in [1.54, 1.807) is 0 Å². The molecule has 0 spiro atoms. The van der Waals surface area contributed by atoms with E-state index in [0.717, 1.165) is 26.2 Å². The molecule has 26 heavy (non-hydrogen) atoms. The fourth-order valence-electron chi connectivity index (χ4n) is 3.31. The van der Waals surface area contributed by atoms with E-state index in [1.165, 1.54) is 0 Å². The zero-order valence-electron chi connectivity index (χ0n) is 13.8. The van der Waals surface area contributed by atoms with Gasteiger partial charge >= 0.3 is 6.16 Å². The van der Waals surface area contributed by atoms with E-state index in [2.05, 4.69) is 15.9 Å². The van der Waals surface area contributed by atoms with Gasteiger partial charge < -0.3 is 14.3 Å². The van der Waals surface area contributed by atoms with Gasteiger partial charge in [-0.15, -0.1) is 0 Å². The van der Waals surface area contributed by atoms with Crippen LogP contribution in [0.3, 0.4) is 0 Å². The van der Waals surface area contributed by atoms with Crippen LogP contribution in [0.4, 0.5) is 4.79 Å². The van der Waals surface area contributed by atoms with E-state index in [1.807, 2.05) is 48.5 Å². The first kappa shape index (κ1) is 17.1. The predicted molar refractivity (Wildman–Crippen MR) is 94.9 cm³/mol. The molecule has 1 amide bonds. The number of fused-ring (bicyclic) bond motifs is 3. The number of carbonyl (C=O) groups is 2. The normalized spacial score (nSPS) is 21.1. The van der Waals surface area contributed by atoms with Crippen LogP contribution in [0, 0.1) is 0 Å². The predicted octanol–water partition coefficient (Wildman–Crippen LogP) is 3.54. The SMILES string of the molecule is O=C(OCc1ccccc1)ON1C(=O)COC2Cc3ccc(Br)cc3C21. The first-order chi connectivity index (χ1) is 12.6. The number of halogens is 1. The largest absolute Gasteiger partial charge is 0.533 e. The molecule has 7 heteroatoms. The number of hydrogen-bond acceptors (Lipinski definition) is 5. The van der Waals surface area contributed by atoms with Gasteiger partial charge in [0.25, 0.3) is 5.91 Å². The van der Waals surface area contributed by atoms with E-state index >= 15 is 0 Å². The second-order valence-electron chi connectivity index (χ2n) is 6.18. The van der Waals surface area contributed by atoms with Crippen LogP contribution in [0.25, 0.3) is 0 Å². The summed E-state index contributed by atoms with van der Waals surface area (Å²) in [7, 11) is 0. The Morgan fingerprint density at radius 1 is 1.23 bits per heavy atom. The lowest BCUT2D eigenvalue weighted by Crippen LogP contribution is -2.48. The van der Waals surface area contributed by atoms with E-state index in [0.29, 0.717) is 6.42 Å². The van der Waals surface area contributed by atoms with Gasteiger partial charge in [-0.3, -0.25) is 4.79 Å². The van der Waals surface area contributed by atoms with Crippen molar-refractivity contribution in [3.63, 3.8) is 0 Å². The summed E-state index contributed by atoms with van der Waals surface area (Å²) in [5, 5.41) is 1.10. The average molecular weight is 418 g/mol. The average Bonchev–Trinajstić information content (AvgIpc) is 3.01. The molecule has 2 aliphatic rings. The lowest BCUT2D eigenvalue weighted by atomic mass is 10.1. The van der Waals surface area contributed by atoms with Gasteiger partial charge in [0.2, 0.25) is 0 Å². The summed E-state index contributed by atoms with van der Waals surface area (Å²) >= 11 is 3.44. The second kappa shape index (κ2) is 7.09. The third-order valence-corrected chi connectivity index (χ3v) is 4.98. The maximum Gasteiger partial charge on any atom is 0.533 e. The fraction of sp³-hybridized carbons (Fsp3) is 0.263. The molecule has 1 saturated heterocycles. The van der Waals surface area contributed by atoms with Gasteiger partial charge in [0.15, 0.2) is 0 Å². The van der Waals surface area contributed by atoms with Gasteiger partial charge in [0.1, 0.15) is 19.3 Å². The number of ether oxygens (including phenoxy) is 2. The highest BCUT2D eigenvalue weighted by molar-refractivity contribution is 9.10. The minimum Gasteiger partial charge on any atom is -0.428 e. The van der Waals surface area contributed by atoms with Crippen LogP contribution < -0.4 is 0 Å². The summed E-state index contributed by atoms with van der Waals surface area (Å²) in [4.78, 5) is 29.7. The van der Waals surface area contributed by atoms with Crippen molar-refractivity contribution in [3.8, 4) is 0 Å². The Balaban J connectivity index is 1.49. The number of hydroxylamine groups is 2. The molecule has 0 radical (unpaired) electrons. The molecular formula is C19H16BrNO5. The molecule has 0 aromatic heterocycles. The minimum atomic E-state index is -0.911. The van der Waals surface area contributed by atoms with Crippen LogP contribution in [0.5, 0.6) is 0 Å². The molecule has 2 aromatic rings. The van der Waals surface area contributed by atoms with E-state index in [-0.39, 0.29) is 19.3 Å². The maximum absolute atomic E-state index is 12.3. The molecule has 1 fully saturated rings. The quantitative estimate of drug-likeness (QED) is 0.714. The number of carbonyl (C=O) groups excluding carboxylic acids is 2. The van der Waals surface area contributed by atoms with Gasteiger partial charge in [-0.1, -0.05) is 52.3 Å². The van der Waals surface area contributed by atoms with Crippen molar-refractivity contribution in [2.75, 3.05) is 6.61 Å². The zero-order valence-corrected chi connectivity index (χ0v) is 15.3. The van der Waals surface area contributed by atoms with E-state index < -0.39 is 18.1 Å². The highest BCUT2D eigenvalue weighted by Crippen LogP contribution is 2.41. The van der Waals surface area contributed by atoms with Crippen molar-refractivity contribution in [2.24, 2.45) is 0 Å². The fourth-order valence-corrected chi connectivity index (χ4v) is 3.69. The maximum atomic E-state index is 12.3. The number of nitrogens with zero attached hydrogens (tertiary/aromatic N) is 1. The van der Waals surface area contributed by atoms with Crippen molar-refractivity contribution in [1.82, 2.24) is 5.06 Å². The molecule has 1 aliphatic carbocycles. The topological polar surface area (TPSA) is 65.1 Å². The molecule has 0 N–H and O–H groups in total. The van der Waals surface area contributed by atoms with Crippen molar-refractivity contribution in [3.05, 3.63) is 69.7 Å². The Hall–Kier alpha value is -2.38. The van der Waals surface area contributed by atoms with E-state index in [4.69, 9.17) is 14.3 Å². The molecule has 134 valence electrons. The lowest BCUT2D eigenvalue weighted by molar-refractivity contribution is -0.219. The second-order valence-corrected chi connectivity index (χ2v) is 7.09. The molecule has 1 aliphatic heterocycles. The van der Waals surface area contributed by atoms with Crippen molar-refractivity contribution < 1.29 is 23.9 Å². The molecular weight excluding hydrogens is 402 g/mol. The van der Waals surface area contributed by atoms with Crippen molar-refractivity contribution in [1.29, 1.82) is 0 Å². The Labute approximate surface area is 158 Å². The molecule has 0 saturated carbocycles. The number of hydrogen-bond donors (Lipinski definition) is 0. The van der Waals surface area contributed by atoms with Gasteiger partial charge in [0.05, 0.1) is 6.10 Å². The van der Waals surface area contributed by atoms with Crippen LogP contribution in [0.2, 0.25) is 0 Å². The molecule has 0 bridgehead atoms. The standard InChI is InChI=1S/C19H16BrNO5/c20-14-7-6-13-8-16-18(15(13)9-14)21(17(22)11-24-16)26-19(23)25-10-12-4-2-1-3-5-12/h1-7,9,16,18H,8,10-11H2. The number of benzene rings is 2. The van der Waals surface area contributed by atoms with Crippen molar-refractivity contribution >= 4 is 28.0 Å². The smallest absolute Gasteiger partial charge is 0.428 e. The molecule has 2 atom stereocenters. The molecule has 4 rings (SSSR count). The minimum absolute atomic E-state index is 0.0778. The Kier molecular flexibility index (Phi) is 4.65.